The molecule has 0 fully saturated rings. The van der Waals surface area contributed by atoms with E-state index in [1.807, 2.05) is 30.3 Å². The summed E-state index contributed by atoms with van der Waals surface area (Å²) in [6.07, 6.45) is 1.04. The Morgan fingerprint density at radius 2 is 2.05 bits per heavy atom. The van der Waals surface area contributed by atoms with E-state index in [0.29, 0.717) is 10.7 Å². The molecule has 0 saturated carbocycles. The van der Waals surface area contributed by atoms with Crippen molar-refractivity contribution in [1.29, 1.82) is 0 Å². The molecule has 0 spiro atoms. The predicted molar refractivity (Wildman–Crippen MR) is 92.6 cm³/mol. The summed E-state index contributed by atoms with van der Waals surface area (Å²) < 4.78 is 3.25. The molecule has 1 heterocycles. The molecule has 0 aliphatic rings. The van der Waals surface area contributed by atoms with E-state index in [2.05, 4.69) is 33.5 Å². The lowest BCUT2D eigenvalue weighted by atomic mass is 10.2. The third-order valence-electron chi connectivity index (χ3n) is 3.41. The maximum atomic E-state index is 6.01. The molecule has 1 aromatic heterocycles. The zero-order valence-electron chi connectivity index (χ0n) is 11.6. The fourth-order valence-corrected chi connectivity index (χ4v) is 2.92. The third kappa shape index (κ3) is 2.65. The Bertz CT molecular complexity index is 811. The highest BCUT2D eigenvalue weighted by atomic mass is 79.9. The molecule has 0 bridgehead atoms. The number of anilines is 1. The lowest BCUT2D eigenvalue weighted by molar-refractivity contribution is 0.704. The Balaban J connectivity index is 2.24. The molecule has 3 rings (SSSR count). The van der Waals surface area contributed by atoms with Gasteiger partial charge < -0.3 is 10.3 Å². The second-order valence-electron chi connectivity index (χ2n) is 4.96. The molecule has 21 heavy (non-hydrogen) atoms. The molecular weight excluding hydrogens is 350 g/mol. The number of nitrogens with two attached hydrogens (primary N) is 1. The first-order chi connectivity index (χ1) is 10.1. The maximum Gasteiger partial charge on any atom is 0.141 e. The van der Waals surface area contributed by atoms with Gasteiger partial charge in [0.25, 0.3) is 0 Å². The molecule has 0 saturated heterocycles. The van der Waals surface area contributed by atoms with E-state index in [0.717, 1.165) is 39.9 Å². The van der Waals surface area contributed by atoms with Crippen molar-refractivity contribution in [3.8, 4) is 11.4 Å². The number of nitrogen functional groups attached to an aromatic ring is 1. The Kier molecular flexibility index (Phi) is 3.91. The summed E-state index contributed by atoms with van der Waals surface area (Å²) in [5, 5.41) is 0.569. The number of benzene rings is 2. The van der Waals surface area contributed by atoms with Gasteiger partial charge in [0.2, 0.25) is 0 Å². The molecule has 3 nitrogen and oxygen atoms in total. The van der Waals surface area contributed by atoms with Crippen LogP contribution in [0.15, 0.2) is 40.9 Å². The minimum atomic E-state index is 0.569. The van der Waals surface area contributed by atoms with E-state index in [9.17, 15) is 0 Å². The van der Waals surface area contributed by atoms with Gasteiger partial charge in [-0.05, 0) is 42.8 Å². The first-order valence-corrected chi connectivity index (χ1v) is 7.98. The first kappa shape index (κ1) is 14.4. The molecule has 0 atom stereocenters. The molecule has 0 amide bonds. The largest absolute Gasteiger partial charge is 0.398 e. The van der Waals surface area contributed by atoms with Gasteiger partial charge in [0.15, 0.2) is 0 Å². The Hall–Kier alpha value is -1.52. The third-order valence-corrected chi connectivity index (χ3v) is 4.25. The van der Waals surface area contributed by atoms with Crippen LogP contribution in [0.1, 0.15) is 13.3 Å². The fraction of sp³-hybridized carbons (Fsp3) is 0.188. The van der Waals surface area contributed by atoms with Crippen LogP contribution >= 0.6 is 27.5 Å². The van der Waals surface area contributed by atoms with Crippen LogP contribution in [-0.2, 0) is 6.54 Å². The molecule has 0 unspecified atom stereocenters. The number of hydrogen-bond acceptors (Lipinski definition) is 2. The zero-order chi connectivity index (χ0) is 15.0. The number of fused-ring (bicyclic) bond motifs is 1. The predicted octanol–water partition coefficient (Wildman–Crippen LogP) is 5.11. The highest BCUT2D eigenvalue weighted by Crippen LogP contribution is 2.30. The van der Waals surface area contributed by atoms with Crippen LogP contribution in [0.5, 0.6) is 0 Å². The van der Waals surface area contributed by atoms with Crippen molar-refractivity contribution in [2.24, 2.45) is 0 Å². The van der Waals surface area contributed by atoms with Crippen molar-refractivity contribution in [1.82, 2.24) is 9.55 Å². The van der Waals surface area contributed by atoms with E-state index in [1.54, 1.807) is 0 Å². The Labute approximate surface area is 136 Å². The van der Waals surface area contributed by atoms with E-state index in [4.69, 9.17) is 22.3 Å². The van der Waals surface area contributed by atoms with Crippen LogP contribution in [0.3, 0.4) is 0 Å². The van der Waals surface area contributed by atoms with Crippen molar-refractivity contribution >= 4 is 44.3 Å². The van der Waals surface area contributed by atoms with Gasteiger partial charge in [-0.25, -0.2) is 4.98 Å². The normalized spacial score (nSPS) is 11.2. The molecule has 0 aliphatic carbocycles. The van der Waals surface area contributed by atoms with E-state index in [1.165, 1.54) is 0 Å². The summed E-state index contributed by atoms with van der Waals surface area (Å²) in [6, 6.07) is 11.8. The molecule has 108 valence electrons. The van der Waals surface area contributed by atoms with Crippen molar-refractivity contribution in [2.45, 2.75) is 19.9 Å². The van der Waals surface area contributed by atoms with Crippen LogP contribution in [0, 0.1) is 0 Å². The molecule has 0 aliphatic heterocycles. The molecular formula is C16H15BrClN3. The van der Waals surface area contributed by atoms with Crippen molar-refractivity contribution in [3.63, 3.8) is 0 Å². The number of nitrogens with zero attached hydrogens (tertiary/aromatic N) is 2. The van der Waals surface area contributed by atoms with Gasteiger partial charge in [-0.1, -0.05) is 34.5 Å². The number of aryl methyl sites for hydroxylation is 1. The highest BCUT2D eigenvalue weighted by molar-refractivity contribution is 9.10. The lowest BCUT2D eigenvalue weighted by Gasteiger charge is -2.09. The topological polar surface area (TPSA) is 43.8 Å². The van der Waals surface area contributed by atoms with Crippen LogP contribution in [0.4, 0.5) is 5.69 Å². The van der Waals surface area contributed by atoms with Crippen molar-refractivity contribution < 1.29 is 0 Å². The van der Waals surface area contributed by atoms with Gasteiger partial charge in [0.1, 0.15) is 5.82 Å². The lowest BCUT2D eigenvalue weighted by Crippen LogP contribution is -2.00. The number of hydrogen-bond donors (Lipinski definition) is 1. The van der Waals surface area contributed by atoms with Crippen LogP contribution in [0.25, 0.3) is 22.4 Å². The van der Waals surface area contributed by atoms with Crippen LogP contribution in [-0.4, -0.2) is 9.55 Å². The number of halogens is 2. The Morgan fingerprint density at radius 3 is 2.76 bits per heavy atom. The fourth-order valence-electron chi connectivity index (χ4n) is 2.46. The van der Waals surface area contributed by atoms with Gasteiger partial charge in [-0.2, -0.15) is 0 Å². The number of aromatic nitrogens is 2. The maximum absolute atomic E-state index is 6.01. The smallest absolute Gasteiger partial charge is 0.141 e. The number of imidazole rings is 1. The second kappa shape index (κ2) is 5.70. The monoisotopic (exact) mass is 363 g/mol. The summed E-state index contributed by atoms with van der Waals surface area (Å²) in [5.74, 6) is 0.924. The van der Waals surface area contributed by atoms with E-state index >= 15 is 0 Å². The summed E-state index contributed by atoms with van der Waals surface area (Å²) in [7, 11) is 0. The molecule has 2 N–H and O–H groups in total. The average Bonchev–Trinajstić information content (AvgIpc) is 2.80. The second-order valence-corrected chi connectivity index (χ2v) is 6.28. The van der Waals surface area contributed by atoms with E-state index < -0.39 is 0 Å². The highest BCUT2D eigenvalue weighted by Gasteiger charge is 2.13. The van der Waals surface area contributed by atoms with Crippen molar-refractivity contribution in [2.75, 3.05) is 5.73 Å². The molecule has 2 aromatic carbocycles. The average molecular weight is 365 g/mol. The summed E-state index contributed by atoms with van der Waals surface area (Å²) in [4.78, 5) is 4.77. The minimum Gasteiger partial charge on any atom is -0.398 e. The Morgan fingerprint density at radius 1 is 1.24 bits per heavy atom. The molecule has 0 radical (unpaired) electrons. The quantitative estimate of drug-likeness (QED) is 0.656. The first-order valence-electron chi connectivity index (χ1n) is 6.81. The standard InChI is InChI=1S/C16H15BrClN3/c1-2-7-21-15-6-4-11(17)9-14(15)20-16(21)10-3-5-12(18)13(19)8-10/h3-6,8-9H,2,7,19H2,1H3. The van der Waals surface area contributed by atoms with Gasteiger partial charge in [0.05, 0.1) is 21.7 Å². The van der Waals surface area contributed by atoms with Crippen LogP contribution in [0.2, 0.25) is 5.02 Å². The molecule has 3 aromatic rings. The summed E-state index contributed by atoms with van der Waals surface area (Å²) in [5.41, 5.74) is 9.58. The van der Waals surface area contributed by atoms with Gasteiger partial charge >= 0.3 is 0 Å². The summed E-state index contributed by atoms with van der Waals surface area (Å²) >= 11 is 9.51. The SMILES string of the molecule is CCCn1c(-c2ccc(Cl)c(N)c2)nc2cc(Br)ccc21. The summed E-state index contributed by atoms with van der Waals surface area (Å²) in [6.45, 7) is 3.07. The van der Waals surface area contributed by atoms with Gasteiger partial charge in [-0.3, -0.25) is 0 Å². The number of rotatable bonds is 3. The van der Waals surface area contributed by atoms with Crippen LogP contribution < -0.4 is 5.73 Å². The molecule has 5 heteroatoms. The van der Waals surface area contributed by atoms with Crippen molar-refractivity contribution in [3.05, 3.63) is 45.9 Å². The zero-order valence-corrected chi connectivity index (χ0v) is 13.9. The van der Waals surface area contributed by atoms with E-state index in [-0.39, 0.29) is 0 Å². The minimum absolute atomic E-state index is 0.569. The van der Waals surface area contributed by atoms with Gasteiger partial charge in [-0.15, -0.1) is 0 Å². The van der Waals surface area contributed by atoms with Gasteiger partial charge in [0, 0.05) is 16.6 Å².